The highest BCUT2D eigenvalue weighted by Gasteiger charge is 2.51. The normalized spacial score (nSPS) is 21.1. The van der Waals surface area contributed by atoms with Crippen molar-refractivity contribution in [2.24, 2.45) is 0 Å². The molecule has 1 aliphatic rings. The molecule has 1 fully saturated rings. The van der Waals surface area contributed by atoms with Crippen LogP contribution in [0.1, 0.15) is 277 Å². The van der Waals surface area contributed by atoms with Gasteiger partial charge in [0.05, 0.1) is 13.2 Å². The van der Waals surface area contributed by atoms with Crippen LogP contribution in [0.5, 0.6) is 0 Å². The van der Waals surface area contributed by atoms with Gasteiger partial charge >= 0.3 is 13.8 Å². The van der Waals surface area contributed by atoms with Gasteiger partial charge in [0, 0.05) is 13.0 Å². The molecule has 6 N–H and O–H groups in total. The third-order valence-electron chi connectivity index (χ3n) is 13.7. The number of aliphatic hydroxyl groups is 5. The van der Waals surface area contributed by atoms with Gasteiger partial charge in [0.2, 0.25) is 0 Å². The Morgan fingerprint density at radius 3 is 1.03 bits per heavy atom. The molecule has 13 heteroatoms. The van der Waals surface area contributed by atoms with E-state index in [1.54, 1.807) is 0 Å². The first-order valence-electron chi connectivity index (χ1n) is 28.4. The lowest BCUT2D eigenvalue weighted by Gasteiger charge is -2.41. The zero-order valence-corrected chi connectivity index (χ0v) is 44.1. The van der Waals surface area contributed by atoms with Gasteiger partial charge in [-0.2, -0.15) is 0 Å². The summed E-state index contributed by atoms with van der Waals surface area (Å²) in [5.41, 5.74) is 0. The Bertz CT molecular complexity index is 1120. The van der Waals surface area contributed by atoms with E-state index in [4.69, 9.17) is 18.5 Å². The molecule has 0 aromatic carbocycles. The maximum atomic E-state index is 12.9. The molecular formula is C54H107O12P. The number of carbonyl (C=O) groups is 1. The molecule has 1 aliphatic carbocycles. The first kappa shape index (κ1) is 64.4. The van der Waals surface area contributed by atoms with Crippen molar-refractivity contribution in [1.29, 1.82) is 0 Å². The van der Waals surface area contributed by atoms with Crippen molar-refractivity contribution in [3.8, 4) is 0 Å². The van der Waals surface area contributed by atoms with E-state index >= 15 is 0 Å². The van der Waals surface area contributed by atoms with Crippen LogP contribution < -0.4 is 0 Å². The molecule has 6 unspecified atom stereocenters. The molecule has 0 radical (unpaired) electrons. The summed E-state index contributed by atoms with van der Waals surface area (Å²) < 4.78 is 34.4. The Hall–Kier alpha value is -0.660. The van der Waals surface area contributed by atoms with E-state index in [1.165, 1.54) is 212 Å². The van der Waals surface area contributed by atoms with Gasteiger partial charge in [-0.15, -0.1) is 0 Å². The van der Waals surface area contributed by atoms with Crippen LogP contribution in [0.15, 0.2) is 0 Å². The van der Waals surface area contributed by atoms with E-state index in [2.05, 4.69) is 13.8 Å². The summed E-state index contributed by atoms with van der Waals surface area (Å²) in [5.74, 6) is -0.468. The van der Waals surface area contributed by atoms with Gasteiger partial charge in [0.1, 0.15) is 42.7 Å². The number of aliphatic hydroxyl groups excluding tert-OH is 5. The highest BCUT2D eigenvalue weighted by Crippen LogP contribution is 2.47. The van der Waals surface area contributed by atoms with E-state index in [9.17, 15) is 39.8 Å². The van der Waals surface area contributed by atoms with E-state index < -0.39 is 63.1 Å². The number of carbonyl (C=O) groups excluding carboxylic acids is 1. The standard InChI is InChI=1S/C54H107O12P/c1-3-5-7-9-11-13-15-17-19-20-21-22-23-24-25-26-27-28-29-30-31-33-35-37-39-41-43-48(55)65-47(45-63-44-42-40-38-36-34-32-18-16-14-12-10-8-6-4-2)46-64-67(61,62)66-54-52(59)50(57)49(56)51(58)53(54)60/h47,49-54,56-60H,3-46H2,1-2H3,(H,61,62)/t47-,49?,50-,51?,52?,53?,54?/m1/s1. The van der Waals surface area contributed by atoms with Crippen molar-refractivity contribution in [1.82, 2.24) is 0 Å². The number of rotatable bonds is 50. The molecule has 400 valence electrons. The van der Waals surface area contributed by atoms with Crippen LogP contribution in [-0.2, 0) is 27.9 Å². The van der Waals surface area contributed by atoms with E-state index in [-0.39, 0.29) is 13.0 Å². The van der Waals surface area contributed by atoms with Gasteiger partial charge in [0.15, 0.2) is 0 Å². The number of hydrogen-bond acceptors (Lipinski definition) is 11. The van der Waals surface area contributed by atoms with Crippen LogP contribution in [0.25, 0.3) is 0 Å². The van der Waals surface area contributed by atoms with Crippen LogP contribution in [0.3, 0.4) is 0 Å². The van der Waals surface area contributed by atoms with Gasteiger partial charge in [-0.25, -0.2) is 4.57 Å². The molecule has 0 aromatic rings. The monoisotopic (exact) mass is 979 g/mol. The fourth-order valence-corrected chi connectivity index (χ4v) is 10.2. The van der Waals surface area contributed by atoms with Crippen molar-refractivity contribution in [2.75, 3.05) is 19.8 Å². The first-order chi connectivity index (χ1) is 32.5. The molecule has 0 spiro atoms. The Kier molecular flexibility index (Phi) is 43.4. The fourth-order valence-electron chi connectivity index (χ4n) is 9.24. The number of ether oxygens (including phenoxy) is 2. The van der Waals surface area contributed by atoms with Gasteiger partial charge in [-0.3, -0.25) is 13.8 Å². The highest BCUT2D eigenvalue weighted by molar-refractivity contribution is 7.47. The molecule has 1 rings (SSSR count). The summed E-state index contributed by atoms with van der Waals surface area (Å²) in [6, 6.07) is 0. The lowest BCUT2D eigenvalue weighted by atomic mass is 9.85. The van der Waals surface area contributed by atoms with Gasteiger partial charge in [-0.05, 0) is 12.8 Å². The van der Waals surface area contributed by atoms with Crippen LogP contribution in [0.4, 0.5) is 0 Å². The Balaban J connectivity index is 2.22. The molecule has 0 amide bonds. The van der Waals surface area contributed by atoms with Crippen LogP contribution >= 0.6 is 7.82 Å². The molecule has 0 heterocycles. The first-order valence-corrected chi connectivity index (χ1v) is 29.9. The van der Waals surface area contributed by atoms with Crippen LogP contribution in [-0.4, -0.2) is 98.9 Å². The predicted octanol–water partition coefficient (Wildman–Crippen LogP) is 13.3. The number of unbranched alkanes of at least 4 members (excludes halogenated alkanes) is 38. The molecule has 0 aliphatic heterocycles. The molecule has 0 saturated heterocycles. The number of phosphoric acid groups is 1. The van der Waals surface area contributed by atoms with Gasteiger partial charge in [0.25, 0.3) is 0 Å². The molecule has 67 heavy (non-hydrogen) atoms. The fraction of sp³-hybridized carbons (Fsp3) is 0.981. The summed E-state index contributed by atoms with van der Waals surface area (Å²) in [4.78, 5) is 23.3. The largest absolute Gasteiger partial charge is 0.472 e. The summed E-state index contributed by atoms with van der Waals surface area (Å²) in [6.45, 7) is 4.33. The lowest BCUT2D eigenvalue weighted by molar-refractivity contribution is -0.220. The minimum Gasteiger partial charge on any atom is -0.457 e. The minimum absolute atomic E-state index is 0.0675. The maximum Gasteiger partial charge on any atom is 0.472 e. The van der Waals surface area contributed by atoms with Crippen molar-refractivity contribution in [2.45, 2.75) is 320 Å². The molecular weight excluding hydrogens is 872 g/mol. The highest BCUT2D eigenvalue weighted by atomic mass is 31.2. The second-order valence-corrected chi connectivity index (χ2v) is 21.6. The maximum absolute atomic E-state index is 12.9. The zero-order valence-electron chi connectivity index (χ0n) is 43.2. The molecule has 12 nitrogen and oxygen atoms in total. The molecule has 8 atom stereocenters. The SMILES string of the molecule is CCCCCCCCCCCCCCCCCCCCCCCCCCCCC(=O)O[C@H](COCCCCCCCCCCCCCCCC)COP(=O)(O)OC1C(O)C(O)C(O)[C@@H](O)C1O. The predicted molar refractivity (Wildman–Crippen MR) is 272 cm³/mol. The number of hydrogen-bond donors (Lipinski definition) is 6. The summed E-state index contributed by atoms with van der Waals surface area (Å²) in [7, 11) is -5.02. The summed E-state index contributed by atoms with van der Waals surface area (Å²) in [5, 5.41) is 50.3. The van der Waals surface area contributed by atoms with E-state index in [0.717, 1.165) is 38.5 Å². The van der Waals surface area contributed by atoms with Crippen LogP contribution in [0.2, 0.25) is 0 Å². The number of esters is 1. The summed E-state index contributed by atoms with van der Waals surface area (Å²) in [6.07, 6.45) is 39.0. The van der Waals surface area contributed by atoms with Crippen LogP contribution in [0, 0.1) is 0 Å². The Morgan fingerprint density at radius 1 is 0.418 bits per heavy atom. The Morgan fingerprint density at radius 2 is 0.701 bits per heavy atom. The average molecular weight is 979 g/mol. The van der Waals surface area contributed by atoms with Gasteiger partial charge in [-0.1, -0.05) is 258 Å². The van der Waals surface area contributed by atoms with Crippen molar-refractivity contribution >= 4 is 13.8 Å². The topological polar surface area (TPSA) is 192 Å². The van der Waals surface area contributed by atoms with Gasteiger partial charge < -0.3 is 39.9 Å². The van der Waals surface area contributed by atoms with Crippen molar-refractivity contribution in [3.63, 3.8) is 0 Å². The smallest absolute Gasteiger partial charge is 0.457 e. The second kappa shape index (κ2) is 45.2. The molecule has 0 bridgehead atoms. The van der Waals surface area contributed by atoms with Crippen molar-refractivity contribution in [3.05, 3.63) is 0 Å². The van der Waals surface area contributed by atoms with E-state index in [0.29, 0.717) is 13.0 Å². The number of phosphoric ester groups is 1. The summed E-state index contributed by atoms with van der Waals surface area (Å²) >= 11 is 0. The minimum atomic E-state index is -5.02. The quantitative estimate of drug-likeness (QED) is 0.0192. The third kappa shape index (κ3) is 36.9. The molecule has 1 saturated carbocycles. The van der Waals surface area contributed by atoms with Crippen molar-refractivity contribution < 1.29 is 58.3 Å². The zero-order chi connectivity index (χ0) is 49.1. The lowest BCUT2D eigenvalue weighted by Crippen LogP contribution is -2.64. The molecule has 0 aromatic heterocycles. The third-order valence-corrected chi connectivity index (χ3v) is 14.7. The Labute approximate surface area is 410 Å². The average Bonchev–Trinajstić information content (AvgIpc) is 3.31. The second-order valence-electron chi connectivity index (χ2n) is 20.2. The van der Waals surface area contributed by atoms with E-state index in [1.807, 2.05) is 0 Å².